The molecule has 0 spiro atoms. The zero-order valence-electron chi connectivity index (χ0n) is 9.36. The first-order valence-electron chi connectivity index (χ1n) is 4.48. The number of allylic oxidation sites excluding steroid dienone is 4. The summed E-state index contributed by atoms with van der Waals surface area (Å²) in [5.74, 6) is -0.257. The highest BCUT2D eigenvalue weighted by Crippen LogP contribution is 2.13. The molecule has 0 aliphatic rings. The molecule has 3 heteroatoms. The van der Waals surface area contributed by atoms with Crippen LogP contribution in [0.3, 0.4) is 0 Å². The van der Waals surface area contributed by atoms with Crippen molar-refractivity contribution in [3.05, 3.63) is 22.0 Å². The summed E-state index contributed by atoms with van der Waals surface area (Å²) in [6.45, 7) is 9.41. The van der Waals surface area contributed by atoms with Crippen LogP contribution in [0, 0.1) is 0 Å². The van der Waals surface area contributed by atoms with E-state index in [1.807, 2.05) is 20.8 Å². The largest absolute Gasteiger partial charge is 0.287 e. The van der Waals surface area contributed by atoms with Gasteiger partial charge in [0.25, 0.3) is 0 Å². The SMILES string of the molecule is CC(/C=N/C(C)(C)C)=C(F)\C=C(/C)Br. The normalized spacial score (nSPS) is 16.1. The number of aliphatic imine (C=N–C) groups is 1. The summed E-state index contributed by atoms with van der Waals surface area (Å²) in [7, 11) is 0. The quantitative estimate of drug-likeness (QED) is 0.516. The molecule has 0 N–H and O–H groups in total. The molecule has 0 amide bonds. The first-order valence-corrected chi connectivity index (χ1v) is 5.27. The minimum atomic E-state index is -0.257. The van der Waals surface area contributed by atoms with Crippen molar-refractivity contribution < 1.29 is 4.39 Å². The van der Waals surface area contributed by atoms with Crippen LogP contribution in [0.5, 0.6) is 0 Å². The van der Waals surface area contributed by atoms with Gasteiger partial charge in [0.1, 0.15) is 5.83 Å². The van der Waals surface area contributed by atoms with Crippen molar-refractivity contribution in [2.75, 3.05) is 0 Å². The monoisotopic (exact) mass is 261 g/mol. The summed E-state index contributed by atoms with van der Waals surface area (Å²) in [5, 5.41) is 0. The maximum atomic E-state index is 13.3. The molecule has 0 atom stereocenters. The van der Waals surface area contributed by atoms with Gasteiger partial charge >= 0.3 is 0 Å². The molecule has 0 heterocycles. The zero-order valence-corrected chi connectivity index (χ0v) is 10.9. The van der Waals surface area contributed by atoms with Gasteiger partial charge in [-0.2, -0.15) is 0 Å². The average Bonchev–Trinajstić information content (AvgIpc) is 1.97. The fourth-order valence-electron chi connectivity index (χ4n) is 0.641. The van der Waals surface area contributed by atoms with Crippen molar-refractivity contribution in [3.8, 4) is 0 Å². The Labute approximate surface area is 93.9 Å². The standard InChI is InChI=1S/C11H17BrFN/c1-8(7-14-11(3,4)5)10(13)6-9(2)12/h6-7H,1-5H3/b9-6+,10-8-,14-7+. The minimum Gasteiger partial charge on any atom is -0.287 e. The maximum absolute atomic E-state index is 13.3. The molecule has 1 nitrogen and oxygen atoms in total. The lowest BCUT2D eigenvalue weighted by molar-refractivity contribution is 0.586. The van der Waals surface area contributed by atoms with Crippen LogP contribution in [0.15, 0.2) is 27.0 Å². The molecular formula is C11H17BrFN. The fourth-order valence-corrected chi connectivity index (χ4v) is 0.842. The summed E-state index contributed by atoms with van der Waals surface area (Å²) in [5.41, 5.74) is 0.382. The van der Waals surface area contributed by atoms with Gasteiger partial charge in [-0.1, -0.05) is 15.9 Å². The summed E-state index contributed by atoms with van der Waals surface area (Å²) in [4.78, 5) is 4.22. The molecule has 0 bridgehead atoms. The molecule has 80 valence electrons. The lowest BCUT2D eigenvalue weighted by atomic mass is 10.1. The van der Waals surface area contributed by atoms with E-state index in [0.717, 1.165) is 4.48 Å². The van der Waals surface area contributed by atoms with Crippen LogP contribution in [-0.2, 0) is 0 Å². The Morgan fingerprint density at radius 1 is 1.29 bits per heavy atom. The van der Waals surface area contributed by atoms with Gasteiger partial charge in [0, 0.05) is 11.8 Å². The topological polar surface area (TPSA) is 12.4 Å². The van der Waals surface area contributed by atoms with E-state index in [2.05, 4.69) is 20.9 Å². The average molecular weight is 262 g/mol. The molecule has 0 aliphatic heterocycles. The highest BCUT2D eigenvalue weighted by molar-refractivity contribution is 9.11. The summed E-state index contributed by atoms with van der Waals surface area (Å²) >= 11 is 3.18. The van der Waals surface area contributed by atoms with Crippen molar-refractivity contribution in [1.82, 2.24) is 0 Å². The Morgan fingerprint density at radius 2 is 1.79 bits per heavy atom. The van der Waals surface area contributed by atoms with Gasteiger partial charge in [0.05, 0.1) is 5.54 Å². The third kappa shape index (κ3) is 7.01. The number of nitrogens with zero attached hydrogens (tertiary/aromatic N) is 1. The third-order valence-corrected chi connectivity index (χ3v) is 1.58. The predicted molar refractivity (Wildman–Crippen MR) is 64.7 cm³/mol. The van der Waals surface area contributed by atoms with E-state index in [0.29, 0.717) is 5.57 Å². The lowest BCUT2D eigenvalue weighted by Crippen LogP contribution is -2.09. The van der Waals surface area contributed by atoms with Crippen molar-refractivity contribution in [2.24, 2.45) is 4.99 Å². The molecule has 0 radical (unpaired) electrons. The minimum absolute atomic E-state index is 0.158. The summed E-state index contributed by atoms with van der Waals surface area (Å²) in [6.07, 6.45) is 3.01. The molecule has 0 saturated carbocycles. The van der Waals surface area contributed by atoms with Gasteiger partial charge in [-0.3, -0.25) is 4.99 Å². The van der Waals surface area contributed by atoms with Gasteiger partial charge in [-0.25, -0.2) is 4.39 Å². The van der Waals surface area contributed by atoms with Crippen LogP contribution in [0.4, 0.5) is 4.39 Å². The molecule has 0 fully saturated rings. The fraction of sp³-hybridized carbons (Fsp3) is 0.545. The Bertz CT molecular complexity index is 278. The number of hydrogen-bond donors (Lipinski definition) is 0. The predicted octanol–water partition coefficient (Wildman–Crippen LogP) is 4.40. The van der Waals surface area contributed by atoms with Crippen LogP contribution in [0.1, 0.15) is 34.6 Å². The van der Waals surface area contributed by atoms with Crippen molar-refractivity contribution in [2.45, 2.75) is 40.2 Å². The van der Waals surface area contributed by atoms with Crippen molar-refractivity contribution >= 4 is 22.1 Å². The molecular weight excluding hydrogens is 245 g/mol. The van der Waals surface area contributed by atoms with E-state index in [4.69, 9.17) is 0 Å². The van der Waals surface area contributed by atoms with Crippen LogP contribution in [0.2, 0.25) is 0 Å². The summed E-state index contributed by atoms with van der Waals surface area (Å²) in [6, 6.07) is 0. The van der Waals surface area contributed by atoms with Gasteiger partial charge in [0.2, 0.25) is 0 Å². The van der Waals surface area contributed by atoms with Crippen LogP contribution in [0.25, 0.3) is 0 Å². The van der Waals surface area contributed by atoms with Crippen LogP contribution >= 0.6 is 15.9 Å². The molecule has 0 unspecified atom stereocenters. The Kier molecular flexibility index (Phi) is 5.27. The Balaban J connectivity index is 4.70. The van der Waals surface area contributed by atoms with E-state index in [9.17, 15) is 4.39 Å². The first kappa shape index (κ1) is 13.6. The molecule has 0 rings (SSSR count). The lowest BCUT2D eigenvalue weighted by Gasteiger charge is -2.10. The highest BCUT2D eigenvalue weighted by atomic mass is 79.9. The Morgan fingerprint density at radius 3 is 2.14 bits per heavy atom. The van der Waals surface area contributed by atoms with E-state index in [1.165, 1.54) is 6.08 Å². The molecule has 0 saturated heterocycles. The van der Waals surface area contributed by atoms with Crippen molar-refractivity contribution in [3.63, 3.8) is 0 Å². The molecule has 14 heavy (non-hydrogen) atoms. The van der Waals surface area contributed by atoms with E-state index >= 15 is 0 Å². The second-order valence-corrected chi connectivity index (χ2v) is 5.44. The summed E-state index contributed by atoms with van der Waals surface area (Å²) < 4.78 is 14.1. The number of halogens is 2. The molecule has 0 aromatic rings. The molecule has 0 aromatic heterocycles. The van der Waals surface area contributed by atoms with E-state index < -0.39 is 0 Å². The van der Waals surface area contributed by atoms with E-state index in [1.54, 1.807) is 20.1 Å². The molecule has 0 aliphatic carbocycles. The van der Waals surface area contributed by atoms with Crippen LogP contribution in [-0.4, -0.2) is 11.8 Å². The van der Waals surface area contributed by atoms with E-state index in [-0.39, 0.29) is 11.4 Å². The third-order valence-electron chi connectivity index (χ3n) is 1.35. The Hall–Kier alpha value is -0.440. The maximum Gasteiger partial charge on any atom is 0.128 e. The molecule has 0 aromatic carbocycles. The van der Waals surface area contributed by atoms with Gasteiger partial charge in [0.15, 0.2) is 0 Å². The van der Waals surface area contributed by atoms with Gasteiger partial charge < -0.3 is 0 Å². The second-order valence-electron chi connectivity index (χ2n) is 4.19. The smallest absolute Gasteiger partial charge is 0.128 e. The zero-order chi connectivity index (χ0) is 11.4. The number of hydrogen-bond acceptors (Lipinski definition) is 1. The van der Waals surface area contributed by atoms with Gasteiger partial charge in [-0.05, 0) is 45.2 Å². The number of rotatable bonds is 2. The first-order chi connectivity index (χ1) is 6.22. The highest BCUT2D eigenvalue weighted by Gasteiger charge is 2.05. The van der Waals surface area contributed by atoms with Crippen LogP contribution < -0.4 is 0 Å². The van der Waals surface area contributed by atoms with Crippen molar-refractivity contribution in [1.29, 1.82) is 0 Å². The van der Waals surface area contributed by atoms with Gasteiger partial charge in [-0.15, -0.1) is 0 Å². The second kappa shape index (κ2) is 5.44.